The van der Waals surface area contributed by atoms with Crippen molar-refractivity contribution in [2.45, 2.75) is 40.5 Å². The number of hydrogen-bond donors (Lipinski definition) is 6. The molecular weight excluding hydrogens is 538 g/mol. The number of hydrogen-bond acceptors (Lipinski definition) is 8. The van der Waals surface area contributed by atoms with Crippen LogP contribution in [0, 0.1) is 11.8 Å². The Kier molecular flexibility index (Phi) is 16.1. The van der Waals surface area contributed by atoms with Crippen molar-refractivity contribution >= 4 is 29.4 Å². The van der Waals surface area contributed by atoms with E-state index in [-0.39, 0.29) is 47.0 Å². The van der Waals surface area contributed by atoms with Gasteiger partial charge < -0.3 is 36.6 Å². The Balaban J connectivity index is 2.36. The van der Waals surface area contributed by atoms with Crippen molar-refractivity contribution in [2.24, 2.45) is 11.8 Å². The highest BCUT2D eigenvalue weighted by molar-refractivity contribution is 6.04. The molecular formula is C30H51N7O5. The molecule has 236 valence electrons. The number of benzene rings is 1. The monoisotopic (exact) mass is 589 g/mol. The molecule has 12 heteroatoms. The zero-order chi connectivity index (χ0) is 30.9. The summed E-state index contributed by atoms with van der Waals surface area (Å²) in [4.78, 5) is 55.0. The number of amides is 3. The van der Waals surface area contributed by atoms with E-state index in [1.165, 1.54) is 18.2 Å². The third-order valence-electron chi connectivity index (χ3n) is 7.49. The molecule has 1 aromatic rings. The van der Waals surface area contributed by atoms with E-state index in [1.54, 1.807) is 0 Å². The summed E-state index contributed by atoms with van der Waals surface area (Å²) in [6.07, 6.45) is 1.78. The Labute approximate surface area is 250 Å². The molecule has 2 atom stereocenters. The van der Waals surface area contributed by atoms with Crippen LogP contribution in [0.15, 0.2) is 18.2 Å². The molecule has 6 N–H and O–H groups in total. The van der Waals surface area contributed by atoms with Gasteiger partial charge in [-0.2, -0.15) is 0 Å². The van der Waals surface area contributed by atoms with E-state index >= 15 is 0 Å². The fourth-order valence-corrected chi connectivity index (χ4v) is 4.26. The highest BCUT2D eigenvalue weighted by Gasteiger charge is 2.24. The fourth-order valence-electron chi connectivity index (χ4n) is 4.26. The quantitative estimate of drug-likeness (QED) is 0.195. The first-order chi connectivity index (χ1) is 20.1. The number of nitrogens with one attached hydrogen (secondary N) is 5. The maximum Gasteiger partial charge on any atom is 0.323 e. The third kappa shape index (κ3) is 12.8. The predicted molar refractivity (Wildman–Crippen MR) is 165 cm³/mol. The predicted octanol–water partition coefficient (Wildman–Crippen LogP) is 0.740. The standard InChI is InChI=1S/C30H51N7O5/c1-5-22(3)18-34-29(41)24-15-25(30(42)35-19-23(4)6-2)17-26(16-24)37(21-28(39)40)27(38)20-36-13-11-32-9-7-31-8-10-33-12-14-36/h15-17,22-23,31-33H,5-14,18-21H2,1-4H3,(H,34,41)(H,35,42)(H,39,40). The summed E-state index contributed by atoms with van der Waals surface area (Å²) in [5.74, 6) is -1.85. The lowest BCUT2D eigenvalue weighted by molar-refractivity contribution is -0.136. The Bertz CT molecular complexity index is 966. The highest BCUT2D eigenvalue weighted by atomic mass is 16.4. The van der Waals surface area contributed by atoms with Crippen LogP contribution in [-0.2, 0) is 9.59 Å². The molecule has 2 unspecified atom stereocenters. The molecule has 0 spiro atoms. The van der Waals surface area contributed by atoms with Crippen LogP contribution in [0.3, 0.4) is 0 Å². The number of carboxylic acids is 1. The van der Waals surface area contributed by atoms with Gasteiger partial charge in [-0.3, -0.25) is 24.1 Å². The summed E-state index contributed by atoms with van der Waals surface area (Å²) >= 11 is 0. The second-order valence-electron chi connectivity index (χ2n) is 11.1. The molecule has 42 heavy (non-hydrogen) atoms. The van der Waals surface area contributed by atoms with Gasteiger partial charge in [0, 0.05) is 82.3 Å². The Morgan fingerprint density at radius 3 is 1.69 bits per heavy atom. The maximum atomic E-state index is 13.7. The lowest BCUT2D eigenvalue weighted by Gasteiger charge is -2.28. The van der Waals surface area contributed by atoms with Crippen LogP contribution in [0.4, 0.5) is 5.69 Å². The van der Waals surface area contributed by atoms with E-state index in [2.05, 4.69) is 26.6 Å². The van der Waals surface area contributed by atoms with Crippen LogP contribution in [0.2, 0.25) is 0 Å². The molecule has 0 aliphatic carbocycles. The second kappa shape index (κ2) is 19.2. The molecule has 1 aliphatic heterocycles. The van der Waals surface area contributed by atoms with Crippen LogP contribution < -0.4 is 31.5 Å². The first-order valence-electron chi connectivity index (χ1n) is 15.2. The molecule has 0 radical (unpaired) electrons. The Morgan fingerprint density at radius 1 is 0.810 bits per heavy atom. The van der Waals surface area contributed by atoms with E-state index < -0.39 is 18.4 Å². The smallest absolute Gasteiger partial charge is 0.323 e. The van der Waals surface area contributed by atoms with Crippen LogP contribution in [0.1, 0.15) is 61.3 Å². The maximum absolute atomic E-state index is 13.7. The van der Waals surface area contributed by atoms with Gasteiger partial charge >= 0.3 is 5.97 Å². The minimum Gasteiger partial charge on any atom is -0.480 e. The Hall–Kier alpha value is -3.06. The van der Waals surface area contributed by atoms with Crippen molar-refractivity contribution in [1.29, 1.82) is 0 Å². The van der Waals surface area contributed by atoms with Crippen LogP contribution >= 0.6 is 0 Å². The highest BCUT2D eigenvalue weighted by Crippen LogP contribution is 2.21. The normalized spacial score (nSPS) is 16.8. The zero-order valence-corrected chi connectivity index (χ0v) is 25.8. The first-order valence-corrected chi connectivity index (χ1v) is 15.2. The lowest BCUT2D eigenvalue weighted by atomic mass is 10.0. The van der Waals surface area contributed by atoms with E-state index in [4.69, 9.17) is 0 Å². The van der Waals surface area contributed by atoms with Gasteiger partial charge in [0.05, 0.1) is 6.54 Å². The topological polar surface area (TPSA) is 155 Å². The fraction of sp³-hybridized carbons (Fsp3) is 0.667. The molecule has 0 bridgehead atoms. The van der Waals surface area contributed by atoms with Crippen molar-refractivity contribution in [3.63, 3.8) is 0 Å². The van der Waals surface area contributed by atoms with E-state index in [0.717, 1.165) is 43.9 Å². The van der Waals surface area contributed by atoms with Gasteiger partial charge in [-0.05, 0) is 30.0 Å². The number of aliphatic carboxylic acids is 1. The van der Waals surface area contributed by atoms with Gasteiger partial charge in [0.15, 0.2) is 0 Å². The SMILES string of the molecule is CCC(C)CNC(=O)c1cc(C(=O)NCC(C)CC)cc(N(CC(=O)O)C(=O)CN2CCNCCNCCNCC2)c1. The van der Waals surface area contributed by atoms with Crippen molar-refractivity contribution in [2.75, 3.05) is 83.4 Å². The largest absolute Gasteiger partial charge is 0.480 e. The van der Waals surface area contributed by atoms with Crippen molar-refractivity contribution in [3.05, 3.63) is 29.3 Å². The molecule has 0 aromatic heterocycles. The second-order valence-corrected chi connectivity index (χ2v) is 11.1. The Morgan fingerprint density at radius 2 is 1.26 bits per heavy atom. The number of carbonyl (C=O) groups is 4. The minimum absolute atomic E-state index is 0.00509. The van der Waals surface area contributed by atoms with Gasteiger partial charge in [-0.15, -0.1) is 0 Å². The summed E-state index contributed by atoms with van der Waals surface area (Å²) < 4.78 is 0. The summed E-state index contributed by atoms with van der Waals surface area (Å²) in [6.45, 7) is 14.3. The number of carbonyl (C=O) groups excluding carboxylic acids is 3. The van der Waals surface area contributed by atoms with Crippen LogP contribution in [0.25, 0.3) is 0 Å². The number of rotatable bonds is 13. The van der Waals surface area contributed by atoms with E-state index in [0.29, 0.717) is 39.3 Å². The van der Waals surface area contributed by atoms with E-state index in [1.807, 2.05) is 32.6 Å². The summed E-state index contributed by atoms with van der Waals surface area (Å²) in [5.41, 5.74) is 0.589. The molecule has 1 heterocycles. The van der Waals surface area contributed by atoms with Crippen molar-refractivity contribution < 1.29 is 24.3 Å². The van der Waals surface area contributed by atoms with Crippen molar-refractivity contribution in [1.82, 2.24) is 31.5 Å². The first kappa shape index (κ1) is 35.1. The van der Waals surface area contributed by atoms with Crippen LogP contribution in [-0.4, -0.2) is 112 Å². The number of anilines is 1. The molecule has 1 aromatic carbocycles. The molecule has 3 amide bonds. The summed E-state index contributed by atoms with van der Waals surface area (Å²) in [7, 11) is 0. The average molecular weight is 590 g/mol. The molecule has 1 saturated heterocycles. The molecule has 12 nitrogen and oxygen atoms in total. The molecule has 1 fully saturated rings. The van der Waals surface area contributed by atoms with Gasteiger partial charge in [0.1, 0.15) is 6.54 Å². The third-order valence-corrected chi connectivity index (χ3v) is 7.49. The van der Waals surface area contributed by atoms with Gasteiger partial charge in [0.2, 0.25) is 5.91 Å². The lowest BCUT2D eigenvalue weighted by Crippen LogP contribution is -2.47. The van der Waals surface area contributed by atoms with Crippen LogP contribution in [0.5, 0.6) is 0 Å². The average Bonchev–Trinajstić information content (AvgIpc) is 2.97. The molecule has 0 saturated carbocycles. The van der Waals surface area contributed by atoms with Gasteiger partial charge in [-0.25, -0.2) is 0 Å². The minimum atomic E-state index is -1.19. The summed E-state index contributed by atoms with van der Waals surface area (Å²) in [5, 5.41) is 25.6. The molecule has 1 aliphatic rings. The van der Waals surface area contributed by atoms with Gasteiger partial charge in [-0.1, -0.05) is 40.5 Å². The summed E-state index contributed by atoms with van der Waals surface area (Å²) in [6, 6.07) is 4.47. The number of nitrogens with zero attached hydrogens (tertiary/aromatic N) is 2. The van der Waals surface area contributed by atoms with E-state index in [9.17, 15) is 24.3 Å². The van der Waals surface area contributed by atoms with Gasteiger partial charge in [0.25, 0.3) is 11.8 Å². The number of carboxylic acid groups (broad SMARTS) is 1. The van der Waals surface area contributed by atoms with Crippen molar-refractivity contribution in [3.8, 4) is 0 Å². The zero-order valence-electron chi connectivity index (χ0n) is 25.8. The molecule has 2 rings (SSSR count).